The summed E-state index contributed by atoms with van der Waals surface area (Å²) in [6.07, 6.45) is 0. The molecule has 0 aliphatic rings. The van der Waals surface area contributed by atoms with Crippen LogP contribution < -0.4 is 10.1 Å². The van der Waals surface area contributed by atoms with Gasteiger partial charge in [-0.25, -0.2) is 4.39 Å². The normalized spacial score (nSPS) is 12.0. The van der Waals surface area contributed by atoms with Crippen molar-refractivity contribution in [2.75, 3.05) is 7.05 Å². The molecule has 1 N–H and O–H groups in total. The Morgan fingerprint density at radius 2 is 1.95 bits per heavy atom. The van der Waals surface area contributed by atoms with E-state index < -0.39 is 10.7 Å². The average molecular weight is 290 g/mol. The third-order valence-corrected chi connectivity index (χ3v) is 3.17. The summed E-state index contributed by atoms with van der Waals surface area (Å²) in [5.41, 5.74) is 0.564. The monoisotopic (exact) mass is 290 g/mol. The van der Waals surface area contributed by atoms with Crippen LogP contribution in [0, 0.1) is 15.9 Å². The number of hydrogen-bond acceptors (Lipinski definition) is 4. The first-order chi connectivity index (χ1) is 10.0. The van der Waals surface area contributed by atoms with Crippen LogP contribution in [0.3, 0.4) is 0 Å². The molecule has 0 heterocycles. The van der Waals surface area contributed by atoms with Crippen LogP contribution in [0.5, 0.6) is 11.5 Å². The van der Waals surface area contributed by atoms with E-state index in [1.54, 1.807) is 19.2 Å². The van der Waals surface area contributed by atoms with Gasteiger partial charge in [0, 0.05) is 12.1 Å². The molecule has 0 radical (unpaired) electrons. The molecular weight excluding hydrogens is 275 g/mol. The highest BCUT2D eigenvalue weighted by Crippen LogP contribution is 2.32. The van der Waals surface area contributed by atoms with E-state index in [0.29, 0.717) is 0 Å². The minimum absolute atomic E-state index is 0.000360. The van der Waals surface area contributed by atoms with E-state index in [4.69, 9.17) is 4.74 Å². The second-order valence-electron chi connectivity index (χ2n) is 4.53. The van der Waals surface area contributed by atoms with E-state index in [1.165, 1.54) is 30.3 Å². The first-order valence-electron chi connectivity index (χ1n) is 6.41. The number of halogens is 1. The predicted molar refractivity (Wildman–Crippen MR) is 77.0 cm³/mol. The van der Waals surface area contributed by atoms with Crippen molar-refractivity contribution in [3.63, 3.8) is 0 Å². The van der Waals surface area contributed by atoms with Gasteiger partial charge in [-0.2, -0.15) is 0 Å². The third kappa shape index (κ3) is 3.35. The SMILES string of the molecule is CNC(C)c1ccc(Oc2ccccc2[N+](=O)[O-])c(F)c1. The fourth-order valence-corrected chi connectivity index (χ4v) is 1.85. The van der Waals surface area contributed by atoms with E-state index in [9.17, 15) is 14.5 Å². The van der Waals surface area contributed by atoms with Crippen LogP contribution in [0.25, 0.3) is 0 Å². The molecule has 0 aromatic heterocycles. The number of nitrogens with zero attached hydrogens (tertiary/aromatic N) is 1. The van der Waals surface area contributed by atoms with Crippen LogP contribution in [0.4, 0.5) is 10.1 Å². The largest absolute Gasteiger partial charge is 0.447 e. The molecule has 0 spiro atoms. The molecule has 0 saturated heterocycles. The molecule has 0 amide bonds. The van der Waals surface area contributed by atoms with Crippen LogP contribution in [0.15, 0.2) is 42.5 Å². The Morgan fingerprint density at radius 1 is 1.24 bits per heavy atom. The van der Waals surface area contributed by atoms with Crippen molar-refractivity contribution in [2.45, 2.75) is 13.0 Å². The van der Waals surface area contributed by atoms with Gasteiger partial charge < -0.3 is 10.1 Å². The minimum Gasteiger partial charge on any atom is -0.447 e. The smallest absolute Gasteiger partial charge is 0.311 e. The van der Waals surface area contributed by atoms with Crippen LogP contribution in [-0.4, -0.2) is 12.0 Å². The van der Waals surface area contributed by atoms with Crippen molar-refractivity contribution in [3.05, 3.63) is 64.0 Å². The van der Waals surface area contributed by atoms with Gasteiger partial charge in [0.15, 0.2) is 11.6 Å². The van der Waals surface area contributed by atoms with Crippen LogP contribution in [-0.2, 0) is 0 Å². The van der Waals surface area contributed by atoms with Gasteiger partial charge in [-0.15, -0.1) is 0 Å². The molecule has 0 bridgehead atoms. The molecule has 21 heavy (non-hydrogen) atoms. The van der Waals surface area contributed by atoms with E-state index in [0.717, 1.165) is 5.56 Å². The van der Waals surface area contributed by atoms with Crippen molar-refractivity contribution in [1.82, 2.24) is 5.32 Å². The lowest BCUT2D eigenvalue weighted by Crippen LogP contribution is -2.12. The highest BCUT2D eigenvalue weighted by Gasteiger charge is 2.16. The molecule has 2 aromatic rings. The molecule has 5 nitrogen and oxygen atoms in total. The van der Waals surface area contributed by atoms with E-state index in [-0.39, 0.29) is 23.2 Å². The van der Waals surface area contributed by atoms with Gasteiger partial charge >= 0.3 is 5.69 Å². The van der Waals surface area contributed by atoms with Crippen molar-refractivity contribution in [2.24, 2.45) is 0 Å². The summed E-state index contributed by atoms with van der Waals surface area (Å²) in [4.78, 5) is 10.3. The Labute approximate surface area is 121 Å². The molecule has 2 rings (SSSR count). The molecule has 0 saturated carbocycles. The molecule has 6 heteroatoms. The summed E-state index contributed by atoms with van der Waals surface area (Å²) < 4.78 is 19.4. The summed E-state index contributed by atoms with van der Waals surface area (Å²) in [7, 11) is 1.78. The summed E-state index contributed by atoms with van der Waals surface area (Å²) in [5.74, 6) is -0.597. The number of para-hydroxylation sites is 2. The van der Waals surface area contributed by atoms with Gasteiger partial charge in [-0.3, -0.25) is 10.1 Å². The molecule has 0 fully saturated rings. The van der Waals surface area contributed by atoms with E-state index in [2.05, 4.69) is 5.32 Å². The maximum atomic E-state index is 14.0. The lowest BCUT2D eigenvalue weighted by atomic mass is 10.1. The molecule has 1 unspecified atom stereocenters. The Morgan fingerprint density at radius 3 is 2.57 bits per heavy atom. The van der Waals surface area contributed by atoms with Crippen LogP contribution in [0.1, 0.15) is 18.5 Å². The number of nitro groups is 1. The Kier molecular flexibility index (Phi) is 4.49. The standard InChI is InChI=1S/C15H15FN2O3/c1-10(17-2)11-7-8-14(12(16)9-11)21-15-6-4-3-5-13(15)18(19)20/h3-10,17H,1-2H3. The predicted octanol–water partition coefficient (Wildman–Crippen LogP) is 3.81. The molecule has 0 aliphatic carbocycles. The number of nitrogens with one attached hydrogen (secondary N) is 1. The first kappa shape index (κ1) is 14.9. The Hall–Kier alpha value is -2.47. The van der Waals surface area contributed by atoms with Crippen LogP contribution in [0.2, 0.25) is 0 Å². The van der Waals surface area contributed by atoms with E-state index in [1.807, 2.05) is 6.92 Å². The van der Waals surface area contributed by atoms with Gasteiger partial charge in [0.05, 0.1) is 4.92 Å². The fourth-order valence-electron chi connectivity index (χ4n) is 1.85. The Bertz CT molecular complexity index is 661. The second kappa shape index (κ2) is 6.32. The van der Waals surface area contributed by atoms with Crippen molar-refractivity contribution >= 4 is 5.69 Å². The maximum Gasteiger partial charge on any atom is 0.311 e. The van der Waals surface area contributed by atoms with Gasteiger partial charge in [-0.05, 0) is 37.7 Å². The third-order valence-electron chi connectivity index (χ3n) is 3.17. The highest BCUT2D eigenvalue weighted by molar-refractivity contribution is 5.48. The van der Waals surface area contributed by atoms with Crippen molar-refractivity contribution in [1.29, 1.82) is 0 Å². The number of ether oxygens (including phenoxy) is 1. The zero-order valence-electron chi connectivity index (χ0n) is 11.7. The summed E-state index contributed by atoms with van der Waals surface area (Å²) in [6.45, 7) is 1.90. The van der Waals surface area contributed by atoms with Gasteiger partial charge in [0.25, 0.3) is 0 Å². The number of hydrogen-bond donors (Lipinski definition) is 1. The molecule has 0 aliphatic heterocycles. The number of nitro benzene ring substituents is 1. The molecule has 1 atom stereocenters. The summed E-state index contributed by atoms with van der Waals surface area (Å²) in [5, 5.41) is 13.9. The summed E-state index contributed by atoms with van der Waals surface area (Å²) in [6, 6.07) is 10.4. The lowest BCUT2D eigenvalue weighted by Gasteiger charge is -2.12. The molecular formula is C15H15FN2O3. The molecule has 110 valence electrons. The highest BCUT2D eigenvalue weighted by atomic mass is 19.1. The zero-order chi connectivity index (χ0) is 15.4. The molecule has 2 aromatic carbocycles. The van der Waals surface area contributed by atoms with Crippen LogP contribution >= 0.6 is 0 Å². The minimum atomic E-state index is -0.565. The van der Waals surface area contributed by atoms with E-state index >= 15 is 0 Å². The lowest BCUT2D eigenvalue weighted by molar-refractivity contribution is -0.385. The average Bonchev–Trinajstić information content (AvgIpc) is 2.48. The van der Waals surface area contributed by atoms with Crippen molar-refractivity contribution in [3.8, 4) is 11.5 Å². The number of benzene rings is 2. The maximum absolute atomic E-state index is 14.0. The Balaban J connectivity index is 2.31. The quantitative estimate of drug-likeness (QED) is 0.672. The van der Waals surface area contributed by atoms with Crippen molar-refractivity contribution < 1.29 is 14.1 Å². The van der Waals surface area contributed by atoms with Gasteiger partial charge in [0.1, 0.15) is 0 Å². The topological polar surface area (TPSA) is 64.4 Å². The fraction of sp³-hybridized carbons (Fsp3) is 0.200. The first-order valence-corrected chi connectivity index (χ1v) is 6.41. The zero-order valence-corrected chi connectivity index (χ0v) is 11.7. The summed E-state index contributed by atoms with van der Waals surface area (Å²) >= 11 is 0. The van der Waals surface area contributed by atoms with Gasteiger partial charge in [-0.1, -0.05) is 18.2 Å². The van der Waals surface area contributed by atoms with Gasteiger partial charge in [0.2, 0.25) is 5.75 Å². The number of rotatable bonds is 5. The second-order valence-corrected chi connectivity index (χ2v) is 4.53.